The highest BCUT2D eigenvalue weighted by Crippen LogP contribution is 2.07. The van der Waals surface area contributed by atoms with Crippen molar-refractivity contribution in [3.05, 3.63) is 0 Å². The van der Waals surface area contributed by atoms with E-state index in [9.17, 15) is 14.7 Å². The molecule has 0 spiro atoms. The number of carbonyl (C=O) groups is 2. The molecule has 1 aliphatic rings. The third kappa shape index (κ3) is 3.51. The van der Waals surface area contributed by atoms with Crippen LogP contribution in [-0.4, -0.2) is 50.5 Å². The quantitative estimate of drug-likeness (QED) is 0.549. The van der Waals surface area contributed by atoms with Crippen molar-refractivity contribution in [1.29, 1.82) is 0 Å². The number of likely N-dealkylation sites (N-methyl/N-ethyl adjacent to an activating group) is 1. The first kappa shape index (κ1) is 12.0. The zero-order valence-electron chi connectivity index (χ0n) is 9.28. The van der Waals surface area contributed by atoms with Gasteiger partial charge in [-0.2, -0.15) is 0 Å². The van der Waals surface area contributed by atoms with Crippen LogP contribution < -0.4 is 10.0 Å². The second-order valence-corrected chi connectivity index (χ2v) is 4.31. The molecule has 1 aliphatic heterocycles. The Bertz CT molecular complexity index is 245. The van der Waals surface area contributed by atoms with Gasteiger partial charge in [-0.05, 0) is 0 Å². The molecule has 5 heteroatoms. The largest absolute Gasteiger partial charge is 0.550 e. The Balaban J connectivity index is 2.32. The number of likely N-dealkylation sites (tertiary alicyclic amines) is 1. The number of piperidine rings is 1. The first-order valence-corrected chi connectivity index (χ1v) is 5.25. The van der Waals surface area contributed by atoms with Gasteiger partial charge in [-0.3, -0.25) is 4.79 Å². The topological polar surface area (TPSA) is 64.9 Å². The van der Waals surface area contributed by atoms with Crippen LogP contribution in [0.5, 0.6) is 0 Å². The third-order valence-corrected chi connectivity index (χ3v) is 2.93. The Morgan fingerprint density at radius 2 is 1.87 bits per heavy atom. The number of quaternary nitrogens is 1. The van der Waals surface area contributed by atoms with Crippen LogP contribution in [0.15, 0.2) is 0 Å². The number of nitrogens with zero attached hydrogens (tertiary/aromatic N) is 1. The smallest absolute Gasteiger partial charge is 0.277 e. The van der Waals surface area contributed by atoms with E-state index in [0.29, 0.717) is 19.4 Å². The Hall–Kier alpha value is -1.10. The van der Waals surface area contributed by atoms with Crippen molar-refractivity contribution in [2.24, 2.45) is 5.92 Å². The minimum atomic E-state index is -0.951. The van der Waals surface area contributed by atoms with Crippen molar-refractivity contribution in [3.8, 4) is 0 Å². The summed E-state index contributed by atoms with van der Waals surface area (Å²) in [5, 5.41) is 10.6. The van der Waals surface area contributed by atoms with Gasteiger partial charge in [0.2, 0.25) is 0 Å². The van der Waals surface area contributed by atoms with Crippen LogP contribution in [0.2, 0.25) is 0 Å². The van der Waals surface area contributed by atoms with E-state index in [1.165, 1.54) is 4.90 Å². The second-order valence-electron chi connectivity index (χ2n) is 4.31. The molecule has 0 atom stereocenters. The van der Waals surface area contributed by atoms with Crippen LogP contribution in [0.1, 0.15) is 12.8 Å². The molecule has 0 aromatic heterocycles. The lowest BCUT2D eigenvalue weighted by molar-refractivity contribution is -0.898. The van der Waals surface area contributed by atoms with Crippen LogP contribution in [-0.2, 0) is 9.59 Å². The number of hydrogen-bond acceptors (Lipinski definition) is 3. The summed E-state index contributed by atoms with van der Waals surface area (Å²) in [5.74, 6) is -1.17. The van der Waals surface area contributed by atoms with Gasteiger partial charge in [0, 0.05) is 38.8 Å². The highest BCUT2D eigenvalue weighted by atomic mass is 16.4. The molecule has 0 saturated carbocycles. The Labute approximate surface area is 89.7 Å². The maximum Gasteiger partial charge on any atom is 0.277 e. The summed E-state index contributed by atoms with van der Waals surface area (Å²) in [6.45, 7) is 1.96. The lowest BCUT2D eigenvalue weighted by Crippen LogP contribution is -3.14. The summed E-state index contributed by atoms with van der Waals surface area (Å²) in [6.07, 6.45) is 1.25. The highest BCUT2D eigenvalue weighted by molar-refractivity contribution is 5.76. The fourth-order valence-corrected chi connectivity index (χ4v) is 1.81. The average Bonchev–Trinajstić information content (AvgIpc) is 2.18. The van der Waals surface area contributed by atoms with E-state index >= 15 is 0 Å². The molecule has 1 heterocycles. The molecule has 1 saturated heterocycles. The Morgan fingerprint density at radius 3 is 2.27 bits per heavy atom. The van der Waals surface area contributed by atoms with Crippen LogP contribution in [0.4, 0.5) is 0 Å². The van der Waals surface area contributed by atoms with Crippen molar-refractivity contribution >= 4 is 11.9 Å². The molecule has 1 rings (SSSR count). The number of amides is 1. The first-order chi connectivity index (χ1) is 7.00. The number of carbonyl (C=O) groups excluding carboxylic acids is 2. The maximum atomic E-state index is 11.4. The van der Waals surface area contributed by atoms with Crippen molar-refractivity contribution in [1.82, 2.24) is 4.90 Å². The third-order valence-electron chi connectivity index (χ3n) is 2.93. The fraction of sp³-hybridized carbons (Fsp3) is 0.800. The van der Waals surface area contributed by atoms with Gasteiger partial charge < -0.3 is 19.7 Å². The van der Waals surface area contributed by atoms with E-state index in [0.717, 1.165) is 13.1 Å². The van der Waals surface area contributed by atoms with Gasteiger partial charge in [0.1, 0.15) is 0 Å². The molecule has 0 bridgehead atoms. The minimum absolute atomic E-state index is 0.0944. The van der Waals surface area contributed by atoms with Crippen molar-refractivity contribution in [3.63, 3.8) is 0 Å². The molecular formula is C10H18N2O3. The number of aliphatic carboxylic acids is 1. The van der Waals surface area contributed by atoms with E-state index in [2.05, 4.69) is 0 Å². The predicted octanol–water partition coefficient (Wildman–Crippen LogP) is -2.88. The summed E-state index contributed by atoms with van der Waals surface area (Å²) in [7, 11) is 3.46. The van der Waals surface area contributed by atoms with E-state index in [1.807, 2.05) is 0 Å². The van der Waals surface area contributed by atoms with Gasteiger partial charge in [-0.25, -0.2) is 0 Å². The van der Waals surface area contributed by atoms with Crippen molar-refractivity contribution in [2.45, 2.75) is 12.8 Å². The molecule has 15 heavy (non-hydrogen) atoms. The zero-order valence-corrected chi connectivity index (χ0v) is 9.28. The molecule has 1 fully saturated rings. The number of carboxylic acid groups (broad SMARTS) is 1. The van der Waals surface area contributed by atoms with Crippen molar-refractivity contribution < 1.29 is 19.6 Å². The van der Waals surface area contributed by atoms with E-state index in [-0.39, 0.29) is 11.8 Å². The fourth-order valence-electron chi connectivity index (χ4n) is 1.81. The Kier molecular flexibility index (Phi) is 4.08. The van der Waals surface area contributed by atoms with Crippen LogP contribution in [0.3, 0.4) is 0 Å². The molecule has 0 radical (unpaired) electrons. The van der Waals surface area contributed by atoms with E-state index < -0.39 is 5.97 Å². The summed E-state index contributed by atoms with van der Waals surface area (Å²) < 4.78 is 0. The molecule has 1 amide bonds. The number of nitrogens with one attached hydrogen (secondary N) is 1. The van der Waals surface area contributed by atoms with E-state index in [1.54, 1.807) is 19.0 Å². The molecule has 0 unspecified atom stereocenters. The average molecular weight is 214 g/mol. The SMILES string of the molecule is CN(C)C(=O)C[NH+]1CCC(C(=O)[O-])CC1. The Morgan fingerprint density at radius 1 is 1.33 bits per heavy atom. The van der Waals surface area contributed by atoms with Crippen LogP contribution in [0.25, 0.3) is 0 Å². The second kappa shape index (κ2) is 5.11. The lowest BCUT2D eigenvalue weighted by Gasteiger charge is -2.29. The molecule has 5 nitrogen and oxygen atoms in total. The molecule has 86 valence electrons. The lowest BCUT2D eigenvalue weighted by atomic mass is 9.97. The van der Waals surface area contributed by atoms with E-state index in [4.69, 9.17) is 0 Å². The molecule has 0 aromatic rings. The zero-order chi connectivity index (χ0) is 11.4. The summed E-state index contributed by atoms with van der Waals surface area (Å²) in [6, 6.07) is 0. The summed E-state index contributed by atoms with van der Waals surface area (Å²) in [5.41, 5.74) is 0. The molecule has 0 aromatic carbocycles. The van der Waals surface area contributed by atoms with Crippen LogP contribution >= 0.6 is 0 Å². The molecule has 1 N–H and O–H groups in total. The van der Waals surface area contributed by atoms with Gasteiger partial charge in [-0.1, -0.05) is 0 Å². The van der Waals surface area contributed by atoms with Gasteiger partial charge in [0.25, 0.3) is 5.91 Å². The number of hydrogen-bond donors (Lipinski definition) is 1. The molecular weight excluding hydrogens is 196 g/mol. The van der Waals surface area contributed by atoms with Gasteiger partial charge in [0.15, 0.2) is 6.54 Å². The monoisotopic (exact) mass is 214 g/mol. The van der Waals surface area contributed by atoms with Gasteiger partial charge in [0.05, 0.1) is 13.1 Å². The standard InChI is InChI=1S/C10H18N2O3/c1-11(2)9(13)7-12-5-3-8(4-6-12)10(14)15/h8H,3-7H2,1-2H3,(H,14,15). The number of rotatable bonds is 3. The normalized spacial score (nSPS) is 26.0. The number of carboxylic acids is 1. The summed E-state index contributed by atoms with van der Waals surface area (Å²) >= 11 is 0. The predicted molar refractivity (Wildman–Crippen MR) is 52.0 cm³/mol. The maximum absolute atomic E-state index is 11.4. The van der Waals surface area contributed by atoms with Crippen LogP contribution in [0, 0.1) is 5.92 Å². The van der Waals surface area contributed by atoms with Crippen molar-refractivity contribution in [2.75, 3.05) is 33.7 Å². The van der Waals surface area contributed by atoms with Gasteiger partial charge in [-0.15, -0.1) is 0 Å². The van der Waals surface area contributed by atoms with Gasteiger partial charge >= 0.3 is 0 Å². The summed E-state index contributed by atoms with van der Waals surface area (Å²) in [4.78, 5) is 24.7. The highest BCUT2D eigenvalue weighted by Gasteiger charge is 2.24. The molecule has 0 aliphatic carbocycles. The first-order valence-electron chi connectivity index (χ1n) is 5.25. The minimum Gasteiger partial charge on any atom is -0.550 e.